The number of hydrogen-bond donors (Lipinski definition) is 1. The summed E-state index contributed by atoms with van der Waals surface area (Å²) in [4.78, 5) is 11.2. The first-order valence-electron chi connectivity index (χ1n) is 9.62. The summed E-state index contributed by atoms with van der Waals surface area (Å²) in [7, 11) is 0. The fourth-order valence-corrected chi connectivity index (χ4v) is 9.92. The van der Waals surface area contributed by atoms with Gasteiger partial charge in [0.05, 0.1) is 0 Å². The van der Waals surface area contributed by atoms with Gasteiger partial charge < -0.3 is 0 Å². The van der Waals surface area contributed by atoms with Crippen LogP contribution in [-0.2, 0) is 0 Å². The third-order valence-corrected chi connectivity index (χ3v) is 12.3. The van der Waals surface area contributed by atoms with E-state index in [1.165, 1.54) is 12.1 Å². The van der Waals surface area contributed by atoms with Gasteiger partial charge in [-0.15, -0.1) is 17.0 Å². The van der Waals surface area contributed by atoms with Crippen molar-refractivity contribution in [2.45, 2.75) is 0 Å². The van der Waals surface area contributed by atoms with Crippen LogP contribution >= 0.6 is 23.6 Å². The molecule has 4 aromatic rings. The Kier molecular flexibility index (Phi) is 6.30. The molecule has 0 aliphatic carbocycles. The Balaban J connectivity index is 0.00000272. The molecule has 0 fully saturated rings. The van der Waals surface area contributed by atoms with E-state index < -0.39 is 11.5 Å². The summed E-state index contributed by atoms with van der Waals surface area (Å²) in [6.07, 6.45) is 0. The van der Waals surface area contributed by atoms with Crippen molar-refractivity contribution in [2.24, 2.45) is 0 Å². The van der Waals surface area contributed by atoms with Crippen molar-refractivity contribution in [3.63, 3.8) is 0 Å². The quantitative estimate of drug-likeness (QED) is 0.248. The van der Waals surface area contributed by atoms with E-state index in [0.29, 0.717) is 5.30 Å². The molecule has 4 nitrogen and oxygen atoms in total. The van der Waals surface area contributed by atoms with Gasteiger partial charge in [0.25, 0.3) is 0 Å². The van der Waals surface area contributed by atoms with Gasteiger partial charge in [0.15, 0.2) is 0 Å². The molecule has 4 rings (SSSR count). The van der Waals surface area contributed by atoms with Crippen LogP contribution in [0.5, 0.6) is 5.75 Å². The van der Waals surface area contributed by atoms with Crippen LogP contribution in [0, 0.1) is 10.1 Å². The van der Waals surface area contributed by atoms with Crippen molar-refractivity contribution in [1.82, 2.24) is 0 Å². The van der Waals surface area contributed by atoms with Crippen LogP contribution in [0.15, 0.2) is 109 Å². The van der Waals surface area contributed by atoms with Crippen LogP contribution in [0.4, 0.5) is 5.69 Å². The van der Waals surface area contributed by atoms with Crippen molar-refractivity contribution in [2.75, 3.05) is 6.66 Å². The molecule has 0 radical (unpaired) electrons. The van der Waals surface area contributed by atoms with E-state index in [9.17, 15) is 15.2 Å². The Labute approximate surface area is 192 Å². The average Bonchev–Trinajstić information content (AvgIpc) is 2.80. The molecule has 0 amide bonds. The number of phenols is 1. The molecule has 158 valence electrons. The summed E-state index contributed by atoms with van der Waals surface area (Å²) in [6.45, 7) is -1.34. The number of hydrogen-bond acceptors (Lipinski definition) is 3. The first-order valence-corrected chi connectivity index (χ1v) is 12.3. The normalized spacial score (nSPS) is 12.2. The second kappa shape index (κ2) is 8.62. The van der Waals surface area contributed by atoms with Gasteiger partial charge in [-0.25, -0.2) is 0 Å². The molecule has 4 aromatic carbocycles. The summed E-state index contributed by atoms with van der Waals surface area (Å²) in [5.41, 5.74) is -0.0403. The van der Waals surface area contributed by atoms with Crippen molar-refractivity contribution in [1.29, 1.82) is 0 Å². The van der Waals surface area contributed by atoms with Crippen molar-refractivity contribution >= 4 is 50.5 Å². The van der Waals surface area contributed by atoms with E-state index in [-0.39, 0.29) is 28.4 Å². The van der Waals surface area contributed by atoms with Crippen LogP contribution in [0.1, 0.15) is 0 Å². The predicted molar refractivity (Wildman–Crippen MR) is 136 cm³/mol. The summed E-state index contributed by atoms with van der Waals surface area (Å²) in [5, 5.41) is 26.4. The zero-order valence-electron chi connectivity index (χ0n) is 17.0. The van der Waals surface area contributed by atoms with E-state index in [1.807, 2.05) is 54.6 Å². The van der Waals surface area contributed by atoms with Crippen LogP contribution in [0.3, 0.4) is 0 Å². The average molecular weight is 496 g/mol. The summed E-state index contributed by atoms with van der Waals surface area (Å²) in [5.74, 6) is 0.0531. The molecule has 1 N–H and O–H groups in total. The van der Waals surface area contributed by atoms with Crippen molar-refractivity contribution in [3.8, 4) is 5.75 Å². The molecule has 6 heteroatoms. The number of benzene rings is 4. The molecular weight excluding hydrogens is 473 g/mol. The Hall–Kier alpha value is -3.01. The predicted octanol–water partition coefficient (Wildman–Crippen LogP) is 4.66. The minimum absolute atomic E-state index is 0. The van der Waals surface area contributed by atoms with Gasteiger partial charge in [-0.05, 0) is 0 Å². The van der Waals surface area contributed by atoms with Crippen LogP contribution in [0.2, 0.25) is 0 Å². The molecule has 31 heavy (non-hydrogen) atoms. The van der Waals surface area contributed by atoms with Crippen LogP contribution < -0.4 is 21.2 Å². The van der Waals surface area contributed by atoms with Gasteiger partial charge >= 0.3 is 175 Å². The molecule has 0 spiro atoms. The SMILES string of the molecule is Br.CP(c1ccccc1)(c1ccccc1)(c1ccccc1)c1cc([N+](=O)[O-])ccc1O. The molecule has 0 bridgehead atoms. The van der Waals surface area contributed by atoms with Crippen LogP contribution in [-0.4, -0.2) is 16.7 Å². The topological polar surface area (TPSA) is 63.4 Å². The third-order valence-electron chi connectivity index (χ3n) is 5.98. The van der Waals surface area contributed by atoms with E-state index in [4.69, 9.17) is 0 Å². The Morgan fingerprint density at radius 1 is 0.710 bits per heavy atom. The zero-order valence-corrected chi connectivity index (χ0v) is 19.6. The second-order valence-corrected chi connectivity index (χ2v) is 12.7. The molecule has 0 saturated carbocycles. The van der Waals surface area contributed by atoms with Gasteiger partial charge in [0, 0.05) is 0 Å². The van der Waals surface area contributed by atoms with Crippen molar-refractivity contribution < 1.29 is 10.0 Å². The van der Waals surface area contributed by atoms with Crippen molar-refractivity contribution in [3.05, 3.63) is 119 Å². The summed E-state index contributed by atoms with van der Waals surface area (Å²) < 4.78 is 0. The maximum atomic E-state index is 11.6. The molecule has 0 atom stereocenters. The molecule has 0 aliphatic rings. The van der Waals surface area contributed by atoms with Crippen LogP contribution in [0.25, 0.3) is 0 Å². The molecule has 0 aliphatic heterocycles. The monoisotopic (exact) mass is 495 g/mol. The van der Waals surface area contributed by atoms with Gasteiger partial charge in [0.1, 0.15) is 0 Å². The Morgan fingerprint density at radius 2 is 1.10 bits per heavy atom. The van der Waals surface area contributed by atoms with E-state index >= 15 is 0 Å². The Bertz CT molecular complexity index is 1100. The number of non-ortho nitro benzene ring substituents is 1. The molecule has 0 saturated heterocycles. The fourth-order valence-electron chi connectivity index (χ4n) is 4.34. The molecular formula is C25H23BrNO3P. The number of nitro benzene ring substituents is 1. The number of rotatable bonds is 5. The van der Waals surface area contributed by atoms with Gasteiger partial charge in [-0.3, -0.25) is 0 Å². The second-order valence-electron chi connectivity index (χ2n) is 7.50. The van der Waals surface area contributed by atoms with E-state index in [1.54, 1.807) is 6.07 Å². The summed E-state index contributed by atoms with van der Waals surface area (Å²) >= 11 is 0. The van der Waals surface area contributed by atoms with E-state index in [0.717, 1.165) is 15.9 Å². The molecule has 0 unspecified atom stereocenters. The maximum absolute atomic E-state index is 11.6. The number of nitro groups is 1. The van der Waals surface area contributed by atoms with E-state index in [2.05, 4.69) is 43.1 Å². The summed E-state index contributed by atoms with van der Waals surface area (Å²) in [6, 6.07) is 34.3. The molecule has 0 aromatic heterocycles. The number of halogens is 1. The first kappa shape index (κ1) is 22.7. The number of nitrogens with zero attached hydrogens (tertiary/aromatic N) is 1. The minimum atomic E-state index is -3.50. The number of aromatic hydroxyl groups is 1. The zero-order chi connectivity index (χ0) is 21.2. The first-order chi connectivity index (χ1) is 14.5. The van der Waals surface area contributed by atoms with Gasteiger partial charge in [-0.1, -0.05) is 0 Å². The van der Waals surface area contributed by atoms with Gasteiger partial charge in [-0.2, -0.15) is 0 Å². The van der Waals surface area contributed by atoms with Gasteiger partial charge in [0.2, 0.25) is 0 Å². The molecule has 0 heterocycles. The standard InChI is InChI=1S/C25H22NO3P.BrH/c1-30(21-11-5-2-6-12-21,22-13-7-3-8-14-22,23-15-9-4-10-16-23)25-19-20(26(28)29)17-18-24(25)27;/h2-19,27H,1H3;1H. The number of phenolic OH excluding ortho intramolecular Hbond substituents is 1. The third kappa shape index (κ3) is 3.44. The fraction of sp³-hybridized carbons (Fsp3) is 0.0400. The Morgan fingerprint density at radius 3 is 1.45 bits per heavy atom.